The first-order chi connectivity index (χ1) is 7.59. The van der Waals surface area contributed by atoms with E-state index in [0.717, 1.165) is 26.3 Å². The van der Waals surface area contributed by atoms with Crippen LogP contribution in [0.4, 0.5) is 0 Å². The van der Waals surface area contributed by atoms with Gasteiger partial charge in [-0.05, 0) is 24.1 Å². The third kappa shape index (κ3) is 2.84. The number of nitrogens with one attached hydrogen (secondary N) is 1. The van der Waals surface area contributed by atoms with E-state index in [2.05, 4.69) is 53.3 Å². The fraction of sp³-hybridized carbons (Fsp3) is 0.538. The molecule has 1 aliphatic rings. The molecule has 16 heavy (non-hydrogen) atoms. The Morgan fingerprint density at radius 3 is 2.75 bits per heavy atom. The largest absolute Gasteiger partial charge is 0.380 e. The van der Waals surface area contributed by atoms with Crippen LogP contribution in [0.25, 0.3) is 0 Å². The van der Waals surface area contributed by atoms with E-state index in [1.54, 1.807) is 0 Å². The van der Waals surface area contributed by atoms with Gasteiger partial charge in [0.05, 0.1) is 13.2 Å². The lowest BCUT2D eigenvalue weighted by Crippen LogP contribution is -2.47. The molecule has 0 aliphatic carbocycles. The molecule has 1 aromatic carbocycles. The maximum Gasteiger partial charge on any atom is 0.0554 e. The molecule has 0 spiro atoms. The predicted octanol–water partition coefficient (Wildman–Crippen LogP) is 2.88. The number of rotatable bonds is 4. The molecule has 0 saturated carbocycles. The number of hydrogen-bond donors (Lipinski definition) is 1. The van der Waals surface area contributed by atoms with E-state index in [9.17, 15) is 0 Å². The van der Waals surface area contributed by atoms with Crippen LogP contribution in [0.3, 0.4) is 0 Å². The third-order valence-electron chi connectivity index (χ3n) is 3.00. The summed E-state index contributed by atoms with van der Waals surface area (Å²) in [6.07, 6.45) is 0. The highest BCUT2D eigenvalue weighted by atomic mass is 79.9. The maximum atomic E-state index is 5.23. The number of aryl methyl sites for hydroxylation is 1. The number of halogens is 1. The number of hydrogen-bond acceptors (Lipinski definition) is 2. The predicted molar refractivity (Wildman–Crippen MR) is 69.5 cm³/mol. The zero-order valence-corrected chi connectivity index (χ0v) is 11.4. The van der Waals surface area contributed by atoms with Crippen molar-refractivity contribution in [3.05, 3.63) is 33.8 Å². The zero-order chi connectivity index (χ0) is 11.6. The summed E-state index contributed by atoms with van der Waals surface area (Å²) in [6.45, 7) is 8.12. The molecule has 0 amide bonds. The van der Waals surface area contributed by atoms with Crippen molar-refractivity contribution < 1.29 is 4.74 Å². The summed E-state index contributed by atoms with van der Waals surface area (Å²) in [5, 5.41) is 3.50. The molecular formula is C13H18BrNO. The van der Waals surface area contributed by atoms with Crippen LogP contribution < -0.4 is 5.32 Å². The van der Waals surface area contributed by atoms with Crippen molar-refractivity contribution in [3.8, 4) is 0 Å². The molecule has 2 nitrogen and oxygen atoms in total. The lowest BCUT2D eigenvalue weighted by Gasteiger charge is -2.38. The van der Waals surface area contributed by atoms with Crippen LogP contribution in [-0.2, 0) is 11.3 Å². The summed E-state index contributed by atoms with van der Waals surface area (Å²) < 4.78 is 6.41. The fourth-order valence-corrected chi connectivity index (χ4v) is 2.12. The Labute approximate surface area is 106 Å². The molecule has 1 heterocycles. The monoisotopic (exact) mass is 283 g/mol. The van der Waals surface area contributed by atoms with E-state index in [0.29, 0.717) is 5.41 Å². The van der Waals surface area contributed by atoms with E-state index in [1.807, 2.05) is 0 Å². The second kappa shape index (κ2) is 4.86. The molecule has 2 rings (SSSR count). The van der Waals surface area contributed by atoms with Crippen LogP contribution in [-0.4, -0.2) is 19.8 Å². The van der Waals surface area contributed by atoms with Crippen LogP contribution in [0, 0.1) is 12.3 Å². The Hall–Kier alpha value is -0.380. The molecule has 0 radical (unpaired) electrons. The summed E-state index contributed by atoms with van der Waals surface area (Å²) >= 11 is 3.51. The molecule has 1 saturated heterocycles. The first-order valence-corrected chi connectivity index (χ1v) is 6.42. The van der Waals surface area contributed by atoms with Crippen LogP contribution >= 0.6 is 15.9 Å². The minimum absolute atomic E-state index is 0.352. The van der Waals surface area contributed by atoms with Crippen LogP contribution in [0.1, 0.15) is 18.1 Å². The van der Waals surface area contributed by atoms with Crippen molar-refractivity contribution in [2.45, 2.75) is 20.4 Å². The van der Waals surface area contributed by atoms with Gasteiger partial charge >= 0.3 is 0 Å². The molecule has 1 aliphatic heterocycles. The van der Waals surface area contributed by atoms with Crippen LogP contribution in [0.5, 0.6) is 0 Å². The third-order valence-corrected chi connectivity index (χ3v) is 3.89. The maximum absolute atomic E-state index is 5.23. The molecule has 3 heteroatoms. The first kappa shape index (κ1) is 12.1. The molecule has 0 bridgehead atoms. The Morgan fingerprint density at radius 2 is 2.19 bits per heavy atom. The quantitative estimate of drug-likeness (QED) is 0.918. The number of benzene rings is 1. The van der Waals surface area contributed by atoms with E-state index in [-0.39, 0.29) is 0 Å². The van der Waals surface area contributed by atoms with Gasteiger partial charge in [-0.25, -0.2) is 0 Å². The van der Waals surface area contributed by atoms with Crippen molar-refractivity contribution in [2.75, 3.05) is 19.8 Å². The second-order valence-corrected chi connectivity index (χ2v) is 5.84. The van der Waals surface area contributed by atoms with E-state index in [4.69, 9.17) is 4.74 Å². The lowest BCUT2D eigenvalue weighted by atomic mass is 9.89. The Balaban J connectivity index is 1.83. The van der Waals surface area contributed by atoms with E-state index < -0.39 is 0 Å². The molecule has 0 atom stereocenters. The molecule has 1 fully saturated rings. The lowest BCUT2D eigenvalue weighted by molar-refractivity contribution is -0.0991. The standard InChI is InChI=1S/C13H18BrNO/c1-10-5-11(3-4-12(10)14)6-15-7-13(2)8-16-9-13/h3-5,15H,6-9H2,1-2H3. The Kier molecular flexibility index (Phi) is 3.67. The molecule has 1 aromatic rings. The summed E-state index contributed by atoms with van der Waals surface area (Å²) in [5.41, 5.74) is 2.98. The highest BCUT2D eigenvalue weighted by Crippen LogP contribution is 2.25. The Morgan fingerprint density at radius 1 is 1.44 bits per heavy atom. The molecule has 0 unspecified atom stereocenters. The molecule has 88 valence electrons. The topological polar surface area (TPSA) is 21.3 Å². The Bertz CT molecular complexity index is 374. The second-order valence-electron chi connectivity index (χ2n) is 4.99. The molecule has 1 N–H and O–H groups in total. The average molecular weight is 284 g/mol. The van der Waals surface area contributed by atoms with Gasteiger partial charge in [0.25, 0.3) is 0 Å². The first-order valence-electron chi connectivity index (χ1n) is 5.63. The van der Waals surface area contributed by atoms with Crippen LogP contribution in [0.2, 0.25) is 0 Å². The normalized spacial score (nSPS) is 18.2. The van der Waals surface area contributed by atoms with Gasteiger partial charge in [0.2, 0.25) is 0 Å². The van der Waals surface area contributed by atoms with Gasteiger partial charge in [-0.2, -0.15) is 0 Å². The van der Waals surface area contributed by atoms with Crippen LogP contribution in [0.15, 0.2) is 22.7 Å². The fourth-order valence-electron chi connectivity index (χ4n) is 1.88. The summed E-state index contributed by atoms with van der Waals surface area (Å²) in [6, 6.07) is 6.49. The van der Waals surface area contributed by atoms with Gasteiger partial charge in [-0.1, -0.05) is 35.0 Å². The van der Waals surface area contributed by atoms with Gasteiger partial charge in [0.15, 0.2) is 0 Å². The van der Waals surface area contributed by atoms with Crippen molar-refractivity contribution >= 4 is 15.9 Å². The van der Waals surface area contributed by atoms with Crippen molar-refractivity contribution in [2.24, 2.45) is 5.41 Å². The molecule has 0 aromatic heterocycles. The number of ether oxygens (including phenoxy) is 1. The smallest absolute Gasteiger partial charge is 0.0554 e. The zero-order valence-electron chi connectivity index (χ0n) is 9.85. The van der Waals surface area contributed by atoms with Crippen molar-refractivity contribution in [1.29, 1.82) is 0 Å². The van der Waals surface area contributed by atoms with Gasteiger partial charge in [0, 0.05) is 23.0 Å². The van der Waals surface area contributed by atoms with Crippen molar-refractivity contribution in [3.63, 3.8) is 0 Å². The summed E-state index contributed by atoms with van der Waals surface area (Å²) in [7, 11) is 0. The average Bonchev–Trinajstić information content (AvgIpc) is 2.21. The minimum Gasteiger partial charge on any atom is -0.380 e. The van der Waals surface area contributed by atoms with Gasteiger partial charge in [-0.15, -0.1) is 0 Å². The van der Waals surface area contributed by atoms with E-state index in [1.165, 1.54) is 15.6 Å². The highest BCUT2D eigenvalue weighted by Gasteiger charge is 2.32. The van der Waals surface area contributed by atoms with Gasteiger partial charge in [0.1, 0.15) is 0 Å². The summed E-state index contributed by atoms with van der Waals surface area (Å²) in [5.74, 6) is 0. The summed E-state index contributed by atoms with van der Waals surface area (Å²) in [4.78, 5) is 0. The van der Waals surface area contributed by atoms with Crippen molar-refractivity contribution in [1.82, 2.24) is 5.32 Å². The van der Waals surface area contributed by atoms with E-state index >= 15 is 0 Å². The molecular weight excluding hydrogens is 266 g/mol. The SMILES string of the molecule is Cc1cc(CNCC2(C)COC2)ccc1Br. The minimum atomic E-state index is 0.352. The van der Waals surface area contributed by atoms with Gasteiger partial charge in [-0.3, -0.25) is 0 Å². The van der Waals surface area contributed by atoms with Gasteiger partial charge < -0.3 is 10.1 Å². The highest BCUT2D eigenvalue weighted by molar-refractivity contribution is 9.10.